The number of esters is 1. The Morgan fingerprint density at radius 1 is 1.16 bits per heavy atom. The van der Waals surface area contributed by atoms with Gasteiger partial charge >= 0.3 is 5.97 Å². The monoisotopic (exact) mass is 254 g/mol. The van der Waals surface area contributed by atoms with Crippen LogP contribution in [0, 0.1) is 0 Å². The van der Waals surface area contributed by atoms with E-state index in [1.165, 1.54) is 10.9 Å². The Hall–Kier alpha value is -1.83. The molecular weight excluding hydrogens is 236 g/mol. The third kappa shape index (κ3) is 2.23. The summed E-state index contributed by atoms with van der Waals surface area (Å²) < 4.78 is 5.30. The SMILES string of the molecule is CCC(C)c1ccc2cc3c(cc2c1)CCC(=O)O3. The lowest BCUT2D eigenvalue weighted by atomic mass is 9.94. The van der Waals surface area contributed by atoms with Gasteiger partial charge in [0.1, 0.15) is 5.75 Å². The molecule has 2 aromatic carbocycles. The summed E-state index contributed by atoms with van der Waals surface area (Å²) in [6.45, 7) is 4.46. The first-order chi connectivity index (χ1) is 9.17. The highest BCUT2D eigenvalue weighted by Crippen LogP contribution is 2.32. The number of carbonyl (C=O) groups is 1. The molecule has 0 saturated carbocycles. The van der Waals surface area contributed by atoms with E-state index < -0.39 is 0 Å². The Morgan fingerprint density at radius 3 is 2.79 bits per heavy atom. The third-order valence-electron chi connectivity index (χ3n) is 4.05. The largest absolute Gasteiger partial charge is 0.426 e. The molecule has 1 atom stereocenters. The fraction of sp³-hybridized carbons (Fsp3) is 0.353. The molecule has 1 heterocycles. The average molecular weight is 254 g/mol. The van der Waals surface area contributed by atoms with Gasteiger partial charge in [0.25, 0.3) is 0 Å². The molecule has 2 heteroatoms. The molecule has 1 aliphatic heterocycles. The molecule has 0 aromatic heterocycles. The maximum atomic E-state index is 11.3. The summed E-state index contributed by atoms with van der Waals surface area (Å²) in [6.07, 6.45) is 2.43. The summed E-state index contributed by atoms with van der Waals surface area (Å²) in [4.78, 5) is 11.3. The van der Waals surface area contributed by atoms with Crippen molar-refractivity contribution in [3.05, 3.63) is 41.5 Å². The molecule has 0 fully saturated rings. The van der Waals surface area contributed by atoms with Crippen LogP contribution in [0.3, 0.4) is 0 Å². The first-order valence-electron chi connectivity index (χ1n) is 6.94. The highest BCUT2D eigenvalue weighted by molar-refractivity contribution is 5.88. The number of benzene rings is 2. The van der Waals surface area contributed by atoms with E-state index in [1.54, 1.807) is 0 Å². The summed E-state index contributed by atoms with van der Waals surface area (Å²) in [7, 11) is 0. The van der Waals surface area contributed by atoms with Crippen molar-refractivity contribution in [2.75, 3.05) is 0 Å². The molecule has 98 valence electrons. The lowest BCUT2D eigenvalue weighted by Gasteiger charge is -2.17. The van der Waals surface area contributed by atoms with Gasteiger partial charge < -0.3 is 4.74 Å². The number of fused-ring (bicyclic) bond motifs is 2. The quantitative estimate of drug-likeness (QED) is 0.593. The molecule has 0 aliphatic carbocycles. The van der Waals surface area contributed by atoms with E-state index in [0.717, 1.165) is 29.5 Å². The number of aryl methyl sites for hydroxylation is 1. The fourth-order valence-electron chi connectivity index (χ4n) is 2.59. The van der Waals surface area contributed by atoms with Crippen molar-refractivity contribution in [3.63, 3.8) is 0 Å². The lowest BCUT2D eigenvalue weighted by molar-refractivity contribution is -0.135. The molecule has 0 N–H and O–H groups in total. The maximum Gasteiger partial charge on any atom is 0.311 e. The van der Waals surface area contributed by atoms with E-state index in [0.29, 0.717) is 12.3 Å². The van der Waals surface area contributed by atoms with Crippen molar-refractivity contribution >= 4 is 16.7 Å². The molecule has 1 unspecified atom stereocenters. The van der Waals surface area contributed by atoms with Crippen LogP contribution < -0.4 is 4.74 Å². The van der Waals surface area contributed by atoms with Crippen LogP contribution in [0.25, 0.3) is 10.8 Å². The minimum Gasteiger partial charge on any atom is -0.426 e. The zero-order chi connectivity index (χ0) is 13.4. The third-order valence-corrected chi connectivity index (χ3v) is 4.05. The van der Waals surface area contributed by atoms with E-state index in [4.69, 9.17) is 4.74 Å². The number of hydrogen-bond acceptors (Lipinski definition) is 2. The predicted octanol–water partition coefficient (Wildman–Crippen LogP) is 4.20. The van der Waals surface area contributed by atoms with Gasteiger partial charge in [0, 0.05) is 0 Å². The molecule has 0 amide bonds. The summed E-state index contributed by atoms with van der Waals surface area (Å²) in [5, 5.41) is 2.38. The second kappa shape index (κ2) is 4.69. The van der Waals surface area contributed by atoms with Gasteiger partial charge in [-0.2, -0.15) is 0 Å². The van der Waals surface area contributed by atoms with Gasteiger partial charge in [-0.25, -0.2) is 0 Å². The van der Waals surface area contributed by atoms with Gasteiger partial charge in [0.05, 0.1) is 6.42 Å². The Balaban J connectivity index is 2.10. The van der Waals surface area contributed by atoms with Crippen LogP contribution in [0.4, 0.5) is 0 Å². The zero-order valence-electron chi connectivity index (χ0n) is 11.4. The molecule has 0 bridgehead atoms. The van der Waals surface area contributed by atoms with Crippen LogP contribution in [0.1, 0.15) is 43.7 Å². The molecule has 2 aromatic rings. The smallest absolute Gasteiger partial charge is 0.311 e. The topological polar surface area (TPSA) is 26.3 Å². The van der Waals surface area contributed by atoms with Crippen molar-refractivity contribution in [2.45, 2.75) is 39.0 Å². The van der Waals surface area contributed by atoms with Crippen LogP contribution in [0.2, 0.25) is 0 Å². The zero-order valence-corrected chi connectivity index (χ0v) is 11.4. The van der Waals surface area contributed by atoms with Gasteiger partial charge in [0.2, 0.25) is 0 Å². The molecule has 3 rings (SSSR count). The van der Waals surface area contributed by atoms with Crippen molar-refractivity contribution in [2.24, 2.45) is 0 Å². The van der Waals surface area contributed by atoms with Crippen LogP contribution in [0.15, 0.2) is 30.3 Å². The summed E-state index contributed by atoms with van der Waals surface area (Å²) in [5.74, 6) is 1.20. The van der Waals surface area contributed by atoms with Gasteiger partial charge in [-0.1, -0.05) is 32.0 Å². The Labute approximate surface area is 113 Å². The van der Waals surface area contributed by atoms with Crippen LogP contribution in [-0.2, 0) is 11.2 Å². The number of carbonyl (C=O) groups excluding carboxylic acids is 1. The van der Waals surface area contributed by atoms with Crippen LogP contribution in [-0.4, -0.2) is 5.97 Å². The van der Waals surface area contributed by atoms with Gasteiger partial charge in [-0.05, 0) is 52.8 Å². The Bertz CT molecular complexity index is 643. The van der Waals surface area contributed by atoms with Gasteiger partial charge in [0.15, 0.2) is 0 Å². The Kier molecular flexibility index (Phi) is 3.02. The van der Waals surface area contributed by atoms with E-state index in [9.17, 15) is 4.79 Å². The minimum absolute atomic E-state index is 0.122. The van der Waals surface area contributed by atoms with Crippen molar-refractivity contribution in [1.82, 2.24) is 0 Å². The molecule has 0 radical (unpaired) electrons. The maximum absolute atomic E-state index is 11.3. The number of hydrogen-bond donors (Lipinski definition) is 0. The molecule has 0 spiro atoms. The predicted molar refractivity (Wildman–Crippen MR) is 76.6 cm³/mol. The molecule has 19 heavy (non-hydrogen) atoms. The van der Waals surface area contributed by atoms with E-state index in [2.05, 4.69) is 38.1 Å². The summed E-state index contributed by atoms with van der Waals surface area (Å²) in [5.41, 5.74) is 2.52. The molecule has 0 saturated heterocycles. The highest BCUT2D eigenvalue weighted by Gasteiger charge is 2.17. The average Bonchev–Trinajstić information content (AvgIpc) is 2.43. The second-order valence-corrected chi connectivity index (χ2v) is 5.35. The Morgan fingerprint density at radius 2 is 2.00 bits per heavy atom. The van der Waals surface area contributed by atoms with E-state index >= 15 is 0 Å². The van der Waals surface area contributed by atoms with Crippen molar-refractivity contribution in [3.8, 4) is 5.75 Å². The first-order valence-corrected chi connectivity index (χ1v) is 6.94. The molecule has 2 nitrogen and oxygen atoms in total. The van der Waals surface area contributed by atoms with E-state index in [1.807, 2.05) is 6.07 Å². The standard InChI is InChI=1S/C17H18O2/c1-3-11(2)12-4-5-13-10-16-14(9-15(13)8-12)6-7-17(18)19-16/h4-5,8-11H,3,6-7H2,1-2H3. The van der Waals surface area contributed by atoms with E-state index in [-0.39, 0.29) is 5.97 Å². The lowest BCUT2D eigenvalue weighted by Crippen LogP contribution is -2.15. The number of ether oxygens (including phenoxy) is 1. The van der Waals surface area contributed by atoms with Crippen LogP contribution >= 0.6 is 0 Å². The second-order valence-electron chi connectivity index (χ2n) is 5.35. The molecule has 1 aliphatic rings. The molecular formula is C17H18O2. The van der Waals surface area contributed by atoms with Gasteiger partial charge in [-0.15, -0.1) is 0 Å². The van der Waals surface area contributed by atoms with Crippen molar-refractivity contribution < 1.29 is 9.53 Å². The highest BCUT2D eigenvalue weighted by atomic mass is 16.5. The van der Waals surface area contributed by atoms with Crippen molar-refractivity contribution in [1.29, 1.82) is 0 Å². The van der Waals surface area contributed by atoms with Crippen LogP contribution in [0.5, 0.6) is 5.75 Å². The normalized spacial score (nSPS) is 16.0. The fourth-order valence-corrected chi connectivity index (χ4v) is 2.59. The first kappa shape index (κ1) is 12.2. The summed E-state index contributed by atoms with van der Waals surface area (Å²) in [6, 6.07) is 10.7. The van der Waals surface area contributed by atoms with Gasteiger partial charge in [-0.3, -0.25) is 4.79 Å². The minimum atomic E-state index is -0.122. The summed E-state index contributed by atoms with van der Waals surface area (Å²) >= 11 is 0. The number of rotatable bonds is 2.